The second-order valence-electron chi connectivity index (χ2n) is 14.1. The van der Waals surface area contributed by atoms with Crippen LogP contribution in [-0.2, 0) is 5.41 Å². The summed E-state index contributed by atoms with van der Waals surface area (Å²) >= 11 is 0. The molecular weight excluding hydrogens is 711 g/mol. The Kier molecular flexibility index (Phi) is 5.04. The van der Waals surface area contributed by atoms with E-state index in [0.29, 0.717) is 27.0 Å². The molecule has 1 aliphatic heterocycles. The molecular formula is C52H47N3OSi. The molecule has 0 N–H and O–H groups in total. The molecule has 1 aliphatic rings. The smallest absolute Gasteiger partial charge is 0.220 e. The lowest BCUT2D eigenvalue weighted by atomic mass is 9.64. The van der Waals surface area contributed by atoms with E-state index < -0.39 is 82.3 Å². The standard InChI is InChI=1S/C52H47N3OSi/c1-36(2)34-52(35-37(3)4)42-25-11-16-31-48(42)56-50-43(52)26-18-32-49(50)57(39-20-7-5-8-21-39,40-22-9-6-10-23-40)41-24-17-19-38(33-41)54-46-29-14-15-30-47(46)55-45-28-13-12-27-44(45)53-51(54)55/h5-33,36-37H,34-35H2,1-4H3/i1D3,2D3,3D3,4D3,34D2,35D2,36D,37D. The van der Waals surface area contributed by atoms with Gasteiger partial charge in [-0.3, -0.25) is 8.97 Å². The number of fused-ring (bicyclic) bond motifs is 7. The van der Waals surface area contributed by atoms with Crippen LogP contribution in [0.1, 0.15) is 76.0 Å². The highest BCUT2D eigenvalue weighted by molar-refractivity contribution is 7.20. The molecule has 5 heteroatoms. The number of rotatable bonds is 9. The number of para-hydroxylation sites is 6. The maximum atomic E-state index is 10.3. The zero-order valence-corrected chi connectivity index (χ0v) is 31.5. The summed E-state index contributed by atoms with van der Waals surface area (Å²) in [4.78, 5) is 5.10. The van der Waals surface area contributed by atoms with Gasteiger partial charge >= 0.3 is 0 Å². The molecule has 9 aromatic rings. The average Bonchev–Trinajstić information content (AvgIpc) is 3.89. The number of nitrogens with zero attached hydrogens (tertiary/aromatic N) is 3. The van der Waals surface area contributed by atoms with Gasteiger partial charge in [-0.05, 0) is 87.7 Å². The fourth-order valence-electron chi connectivity index (χ4n) is 8.86. The first-order valence-electron chi connectivity index (χ1n) is 27.6. The van der Waals surface area contributed by atoms with Crippen LogP contribution in [0.15, 0.2) is 176 Å². The minimum absolute atomic E-state index is 0.228. The highest BCUT2D eigenvalue weighted by Crippen LogP contribution is 2.54. The van der Waals surface area contributed by atoms with Crippen LogP contribution in [-0.4, -0.2) is 22.0 Å². The highest BCUT2D eigenvalue weighted by atomic mass is 28.3. The fraction of sp³-hybridized carbons (Fsp3) is 0.173. The Morgan fingerprint density at radius 2 is 1.19 bits per heavy atom. The summed E-state index contributed by atoms with van der Waals surface area (Å²) in [6.07, 6.45) is -8.79. The lowest BCUT2D eigenvalue weighted by Gasteiger charge is -2.45. The van der Waals surface area contributed by atoms with Crippen LogP contribution < -0.4 is 25.5 Å². The summed E-state index contributed by atoms with van der Waals surface area (Å²) in [6.45, 7) is -16.7. The predicted octanol–water partition coefficient (Wildman–Crippen LogP) is 10.3. The second-order valence-corrected chi connectivity index (χ2v) is 17.9. The third-order valence-electron chi connectivity index (χ3n) is 11.0. The predicted molar refractivity (Wildman–Crippen MR) is 239 cm³/mol. The fourth-order valence-corrected chi connectivity index (χ4v) is 13.8. The summed E-state index contributed by atoms with van der Waals surface area (Å²) in [6, 6.07) is 50.8. The van der Waals surface area contributed by atoms with Crippen molar-refractivity contribution >= 4 is 56.7 Å². The molecule has 0 fully saturated rings. The number of benzene rings is 7. The molecule has 2 aromatic heterocycles. The van der Waals surface area contributed by atoms with Crippen LogP contribution in [0, 0.1) is 11.8 Å². The summed E-state index contributed by atoms with van der Waals surface area (Å²) in [5, 5.41) is 2.23. The van der Waals surface area contributed by atoms with Crippen LogP contribution in [0.25, 0.3) is 33.5 Å². The summed E-state index contributed by atoms with van der Waals surface area (Å²) in [5.74, 6) is -9.00. The van der Waals surface area contributed by atoms with Crippen molar-refractivity contribution in [1.29, 1.82) is 0 Å². The molecule has 4 nitrogen and oxygen atoms in total. The van der Waals surface area contributed by atoms with Gasteiger partial charge in [0.1, 0.15) is 11.5 Å². The van der Waals surface area contributed by atoms with Gasteiger partial charge in [0.2, 0.25) is 5.78 Å². The molecule has 280 valence electrons. The monoisotopic (exact) mass is 775 g/mol. The van der Waals surface area contributed by atoms with Crippen molar-refractivity contribution < 1.29 is 29.4 Å². The molecule has 0 unspecified atom stereocenters. The van der Waals surface area contributed by atoms with Crippen molar-refractivity contribution in [1.82, 2.24) is 14.0 Å². The Hall–Kier alpha value is -6.17. The van der Waals surface area contributed by atoms with Gasteiger partial charge in [-0.25, -0.2) is 4.98 Å². The Labute approximate surface area is 361 Å². The highest BCUT2D eigenvalue weighted by Gasteiger charge is 2.49. The first-order valence-corrected chi connectivity index (χ1v) is 20.6. The molecule has 0 saturated carbocycles. The first kappa shape index (κ1) is 20.8. The lowest BCUT2D eigenvalue weighted by molar-refractivity contribution is 0.296. The van der Waals surface area contributed by atoms with Crippen molar-refractivity contribution in [2.45, 2.75) is 45.6 Å². The van der Waals surface area contributed by atoms with Crippen LogP contribution in [0.3, 0.4) is 0 Å². The summed E-state index contributed by atoms with van der Waals surface area (Å²) in [7, 11) is -4.18. The summed E-state index contributed by atoms with van der Waals surface area (Å²) in [5.41, 5.74) is -1.29. The van der Waals surface area contributed by atoms with E-state index in [9.17, 15) is 8.22 Å². The van der Waals surface area contributed by atoms with Crippen molar-refractivity contribution in [2.75, 3.05) is 0 Å². The molecule has 0 aliphatic carbocycles. The number of hydrogen-bond donors (Lipinski definition) is 0. The van der Waals surface area contributed by atoms with Crippen LogP contribution in [0.5, 0.6) is 11.5 Å². The Balaban J connectivity index is 1.41. The third kappa shape index (κ3) is 5.43. The third-order valence-corrected chi connectivity index (χ3v) is 15.8. The molecule has 0 bridgehead atoms. The van der Waals surface area contributed by atoms with Crippen molar-refractivity contribution in [3.8, 4) is 17.2 Å². The number of aromatic nitrogens is 3. The van der Waals surface area contributed by atoms with Gasteiger partial charge in [0.05, 0.1) is 22.1 Å². The SMILES string of the molecule is [2H]C([2H])([2H])C([2H])(C([2H])([2H])[2H])C([2H])([2H])C1(C([2H])([2H])C([2H])(C([2H])([2H])[2H])C([2H])([2H])[2H])c2ccccc2Oc2c1cccc2[Si](c1ccccc1)(c1ccccc1)c1cccc(-n2c3ccccc3n3c4ccccc4nc23)c1. The van der Waals surface area contributed by atoms with Crippen molar-refractivity contribution in [2.24, 2.45) is 11.8 Å². The van der Waals surface area contributed by atoms with Crippen LogP contribution >= 0.6 is 0 Å². The number of imidazole rings is 2. The maximum Gasteiger partial charge on any atom is 0.220 e. The van der Waals surface area contributed by atoms with E-state index in [2.05, 4.69) is 4.40 Å². The van der Waals surface area contributed by atoms with Gasteiger partial charge in [0, 0.05) is 46.9 Å². The van der Waals surface area contributed by atoms with Crippen LogP contribution in [0.2, 0.25) is 0 Å². The molecule has 57 heavy (non-hydrogen) atoms. The molecule has 10 rings (SSSR count). The molecule has 3 heterocycles. The largest absolute Gasteiger partial charge is 0.457 e. The molecule has 0 saturated heterocycles. The van der Waals surface area contributed by atoms with E-state index in [0.717, 1.165) is 34.2 Å². The van der Waals surface area contributed by atoms with E-state index in [1.807, 2.05) is 138 Å². The van der Waals surface area contributed by atoms with Gasteiger partial charge in [-0.15, -0.1) is 0 Å². The van der Waals surface area contributed by atoms with Crippen molar-refractivity contribution in [3.63, 3.8) is 0 Å². The zero-order chi connectivity index (χ0) is 54.2. The Bertz CT molecular complexity index is 3540. The van der Waals surface area contributed by atoms with E-state index in [-0.39, 0.29) is 10.9 Å². The normalized spacial score (nSPS) is 20.1. The zero-order valence-electron chi connectivity index (χ0n) is 48.5. The van der Waals surface area contributed by atoms with E-state index >= 15 is 0 Å². The topological polar surface area (TPSA) is 31.5 Å². The molecule has 0 atom stereocenters. The molecule has 7 aromatic carbocycles. The van der Waals surface area contributed by atoms with Crippen molar-refractivity contribution in [3.05, 3.63) is 187 Å². The summed E-state index contributed by atoms with van der Waals surface area (Å²) < 4.78 is 176. The number of hydrogen-bond acceptors (Lipinski definition) is 2. The van der Waals surface area contributed by atoms with Gasteiger partial charge < -0.3 is 4.74 Å². The van der Waals surface area contributed by atoms with Crippen LogP contribution in [0.4, 0.5) is 0 Å². The average molecular weight is 776 g/mol. The molecule has 0 amide bonds. The molecule has 0 radical (unpaired) electrons. The quantitative estimate of drug-likeness (QED) is 0.108. The van der Waals surface area contributed by atoms with Gasteiger partial charge in [-0.2, -0.15) is 0 Å². The minimum atomic E-state index is -4.39. The van der Waals surface area contributed by atoms with Gasteiger partial charge in [0.15, 0.2) is 8.07 Å². The maximum absolute atomic E-state index is 10.3. The first-order chi connectivity index (χ1) is 35.1. The van der Waals surface area contributed by atoms with Gasteiger partial charge in [0.25, 0.3) is 0 Å². The van der Waals surface area contributed by atoms with Gasteiger partial charge in [-0.1, -0.05) is 161 Å². The molecule has 0 spiro atoms. The van der Waals surface area contributed by atoms with E-state index in [1.54, 1.807) is 6.07 Å². The Morgan fingerprint density at radius 1 is 0.614 bits per heavy atom. The lowest BCUT2D eigenvalue weighted by Crippen LogP contribution is -2.75. The second kappa shape index (κ2) is 13.8. The number of ether oxygens (including phenoxy) is 1. The Morgan fingerprint density at radius 3 is 1.91 bits per heavy atom. The van der Waals surface area contributed by atoms with E-state index in [4.69, 9.17) is 26.2 Å². The van der Waals surface area contributed by atoms with E-state index in [1.165, 1.54) is 24.3 Å². The minimum Gasteiger partial charge on any atom is -0.457 e.